The molecule has 0 radical (unpaired) electrons. The summed E-state index contributed by atoms with van der Waals surface area (Å²) in [5, 5.41) is 0. The highest BCUT2D eigenvalue weighted by molar-refractivity contribution is 9.10. The lowest BCUT2D eigenvalue weighted by Crippen LogP contribution is -2.41. The van der Waals surface area contributed by atoms with E-state index in [0.29, 0.717) is 0 Å². The summed E-state index contributed by atoms with van der Waals surface area (Å²) in [7, 11) is -3.85. The average molecular weight is 371 g/mol. The van der Waals surface area contributed by atoms with Crippen LogP contribution in [0.5, 0.6) is 0 Å². The first-order valence-electron chi connectivity index (χ1n) is 5.74. The summed E-state index contributed by atoms with van der Waals surface area (Å²) in [6.07, 6.45) is 3.97. The number of benzene rings is 1. The Morgan fingerprint density at radius 3 is 2.67 bits per heavy atom. The minimum Gasteiger partial charge on any atom is -0.272 e. The van der Waals surface area contributed by atoms with Crippen LogP contribution >= 0.6 is 15.9 Å². The van der Waals surface area contributed by atoms with E-state index in [-0.39, 0.29) is 10.6 Å². The predicted molar refractivity (Wildman–Crippen MR) is 78.7 cm³/mol. The van der Waals surface area contributed by atoms with Crippen LogP contribution in [0.25, 0.3) is 0 Å². The molecule has 0 aliphatic heterocycles. The summed E-state index contributed by atoms with van der Waals surface area (Å²) in [5.41, 5.74) is 2.85. The van der Waals surface area contributed by atoms with E-state index in [4.69, 9.17) is 0 Å². The predicted octanol–water partition coefficient (Wildman–Crippen LogP) is 1.17. The molecule has 9 heteroatoms. The van der Waals surface area contributed by atoms with Crippen molar-refractivity contribution in [1.82, 2.24) is 20.2 Å². The van der Waals surface area contributed by atoms with E-state index in [2.05, 4.69) is 31.3 Å². The molecule has 2 aromatic rings. The first-order chi connectivity index (χ1) is 9.90. The first kappa shape index (κ1) is 15.5. The van der Waals surface area contributed by atoms with Crippen molar-refractivity contribution in [3.8, 4) is 0 Å². The molecule has 21 heavy (non-hydrogen) atoms. The van der Waals surface area contributed by atoms with Gasteiger partial charge in [0, 0.05) is 16.9 Å². The highest BCUT2D eigenvalue weighted by atomic mass is 79.9. The third-order valence-electron chi connectivity index (χ3n) is 2.53. The van der Waals surface area contributed by atoms with Crippen LogP contribution in [0.15, 0.2) is 46.2 Å². The number of amides is 1. The van der Waals surface area contributed by atoms with Gasteiger partial charge in [0.15, 0.2) is 0 Å². The standard InChI is InChI=1S/C12H11BrN4O3S/c1-8-6-9(2-3-10(8)13)21(19,20)17-16-12(18)11-7-14-4-5-15-11/h2-7,17H,1H3,(H,16,18). The van der Waals surface area contributed by atoms with Gasteiger partial charge in [0.1, 0.15) is 5.69 Å². The highest BCUT2D eigenvalue weighted by Gasteiger charge is 2.16. The van der Waals surface area contributed by atoms with Gasteiger partial charge in [-0.2, -0.15) is 0 Å². The molecule has 0 fully saturated rings. The van der Waals surface area contributed by atoms with Gasteiger partial charge in [-0.15, -0.1) is 4.83 Å². The zero-order valence-electron chi connectivity index (χ0n) is 10.9. The number of carbonyl (C=O) groups excluding carboxylic acids is 1. The second-order valence-electron chi connectivity index (χ2n) is 4.06. The highest BCUT2D eigenvalue weighted by Crippen LogP contribution is 2.19. The Morgan fingerprint density at radius 2 is 2.05 bits per heavy atom. The molecular formula is C12H11BrN4O3S. The summed E-state index contributed by atoms with van der Waals surface area (Å²) in [6.45, 7) is 1.77. The lowest BCUT2D eigenvalue weighted by molar-refractivity contribution is 0.0939. The van der Waals surface area contributed by atoms with Crippen molar-refractivity contribution in [2.45, 2.75) is 11.8 Å². The van der Waals surface area contributed by atoms with Crippen molar-refractivity contribution < 1.29 is 13.2 Å². The number of aryl methyl sites for hydroxylation is 1. The van der Waals surface area contributed by atoms with Crippen LogP contribution in [0.3, 0.4) is 0 Å². The fourth-order valence-electron chi connectivity index (χ4n) is 1.44. The second kappa shape index (κ2) is 6.29. The smallest absolute Gasteiger partial charge is 0.272 e. The molecule has 2 rings (SSSR count). The Balaban J connectivity index is 2.11. The number of aromatic nitrogens is 2. The maximum absolute atomic E-state index is 12.1. The molecular weight excluding hydrogens is 360 g/mol. The Kier molecular flexibility index (Phi) is 4.66. The van der Waals surface area contributed by atoms with Gasteiger partial charge >= 0.3 is 0 Å². The summed E-state index contributed by atoms with van der Waals surface area (Å²) >= 11 is 3.29. The molecule has 0 aliphatic carbocycles. The van der Waals surface area contributed by atoms with E-state index < -0.39 is 15.9 Å². The van der Waals surface area contributed by atoms with Crippen molar-refractivity contribution in [3.05, 3.63) is 52.5 Å². The van der Waals surface area contributed by atoms with Crippen molar-refractivity contribution >= 4 is 31.9 Å². The zero-order valence-corrected chi connectivity index (χ0v) is 13.3. The van der Waals surface area contributed by atoms with E-state index in [1.807, 2.05) is 4.83 Å². The molecule has 7 nitrogen and oxygen atoms in total. The quantitative estimate of drug-likeness (QED) is 0.786. The molecule has 0 spiro atoms. The van der Waals surface area contributed by atoms with Crippen LogP contribution < -0.4 is 10.3 Å². The fraction of sp³-hybridized carbons (Fsp3) is 0.0833. The Bertz CT molecular complexity index is 765. The first-order valence-corrected chi connectivity index (χ1v) is 8.02. The molecule has 0 saturated heterocycles. The summed E-state index contributed by atoms with van der Waals surface area (Å²) in [5.74, 6) is -0.694. The maximum atomic E-state index is 12.1. The van der Waals surface area contributed by atoms with Gasteiger partial charge in [-0.25, -0.2) is 13.4 Å². The van der Waals surface area contributed by atoms with Crippen LogP contribution in [-0.2, 0) is 10.0 Å². The van der Waals surface area contributed by atoms with Gasteiger partial charge in [-0.05, 0) is 30.7 Å². The van der Waals surface area contributed by atoms with E-state index in [1.54, 1.807) is 13.0 Å². The molecule has 110 valence electrons. The maximum Gasteiger partial charge on any atom is 0.286 e. The second-order valence-corrected chi connectivity index (χ2v) is 6.60. The van der Waals surface area contributed by atoms with Gasteiger partial charge in [0.05, 0.1) is 11.1 Å². The molecule has 1 aromatic carbocycles. The lowest BCUT2D eigenvalue weighted by atomic mass is 10.2. The normalized spacial score (nSPS) is 11.1. The van der Waals surface area contributed by atoms with E-state index >= 15 is 0 Å². The zero-order chi connectivity index (χ0) is 15.5. The molecule has 1 amide bonds. The Morgan fingerprint density at radius 1 is 1.29 bits per heavy atom. The summed E-state index contributed by atoms with van der Waals surface area (Å²) in [4.78, 5) is 21.2. The van der Waals surface area contributed by atoms with E-state index in [0.717, 1.165) is 10.0 Å². The van der Waals surface area contributed by atoms with Crippen LogP contribution in [0.4, 0.5) is 0 Å². The van der Waals surface area contributed by atoms with E-state index in [1.165, 1.54) is 30.7 Å². The Hall–Kier alpha value is -1.84. The van der Waals surface area contributed by atoms with Crippen molar-refractivity contribution in [3.63, 3.8) is 0 Å². The number of hydrogen-bond donors (Lipinski definition) is 2. The minimum atomic E-state index is -3.85. The number of sulfonamides is 1. The minimum absolute atomic E-state index is 0.00665. The number of carbonyl (C=O) groups is 1. The van der Waals surface area contributed by atoms with E-state index in [9.17, 15) is 13.2 Å². The molecule has 0 bridgehead atoms. The molecule has 1 heterocycles. The van der Waals surface area contributed by atoms with Gasteiger partial charge in [0.25, 0.3) is 15.9 Å². The van der Waals surface area contributed by atoms with Gasteiger partial charge in [0.2, 0.25) is 0 Å². The third-order valence-corrected chi connectivity index (χ3v) is 4.67. The number of hydrogen-bond acceptors (Lipinski definition) is 5. The SMILES string of the molecule is Cc1cc(S(=O)(=O)NNC(=O)c2cnccn2)ccc1Br. The monoisotopic (exact) mass is 370 g/mol. The molecule has 0 atom stereocenters. The summed E-state index contributed by atoms with van der Waals surface area (Å²) < 4.78 is 24.9. The number of nitrogens with zero attached hydrogens (tertiary/aromatic N) is 2. The number of hydrazine groups is 1. The van der Waals surface area contributed by atoms with Gasteiger partial charge < -0.3 is 0 Å². The molecule has 0 saturated carbocycles. The van der Waals surface area contributed by atoms with Gasteiger partial charge in [-0.3, -0.25) is 15.2 Å². The number of rotatable bonds is 4. The third kappa shape index (κ3) is 3.84. The van der Waals surface area contributed by atoms with Crippen molar-refractivity contribution in [2.75, 3.05) is 0 Å². The number of nitrogens with one attached hydrogen (secondary N) is 2. The van der Waals surface area contributed by atoms with Crippen LogP contribution in [0, 0.1) is 6.92 Å². The molecule has 1 aromatic heterocycles. The topological polar surface area (TPSA) is 101 Å². The average Bonchev–Trinajstić information content (AvgIpc) is 2.48. The molecule has 2 N–H and O–H groups in total. The van der Waals surface area contributed by atoms with Crippen LogP contribution in [-0.4, -0.2) is 24.3 Å². The van der Waals surface area contributed by atoms with Crippen LogP contribution in [0.2, 0.25) is 0 Å². The molecule has 0 aliphatic rings. The fourth-order valence-corrected chi connectivity index (χ4v) is 2.61. The lowest BCUT2D eigenvalue weighted by Gasteiger charge is -2.09. The molecule has 0 unspecified atom stereocenters. The number of halogens is 1. The van der Waals surface area contributed by atoms with Crippen LogP contribution in [0.1, 0.15) is 16.1 Å². The van der Waals surface area contributed by atoms with Crippen molar-refractivity contribution in [1.29, 1.82) is 0 Å². The largest absolute Gasteiger partial charge is 0.286 e. The van der Waals surface area contributed by atoms with Gasteiger partial charge in [-0.1, -0.05) is 15.9 Å². The summed E-state index contributed by atoms with van der Waals surface area (Å²) in [6, 6.07) is 4.53. The Labute approximate surface area is 130 Å². The van der Waals surface area contributed by atoms with Crippen molar-refractivity contribution in [2.24, 2.45) is 0 Å².